The molecular weight excluding hydrogens is 314 g/mol. The molecule has 24 heavy (non-hydrogen) atoms. The number of ether oxygens (including phenoxy) is 1. The van der Waals surface area contributed by atoms with Gasteiger partial charge in [-0.2, -0.15) is 0 Å². The van der Waals surface area contributed by atoms with Crippen molar-refractivity contribution in [2.75, 3.05) is 0 Å². The summed E-state index contributed by atoms with van der Waals surface area (Å²) in [4.78, 5) is 36.0. The van der Waals surface area contributed by atoms with E-state index in [9.17, 15) is 14.4 Å². The number of benzene rings is 1. The first-order chi connectivity index (χ1) is 11.5. The molecule has 3 rings (SSSR count). The van der Waals surface area contributed by atoms with Crippen molar-refractivity contribution in [3.8, 4) is 0 Å². The fraction of sp³-hybridized carbons (Fsp3) is 0.250. The van der Waals surface area contributed by atoms with Crippen LogP contribution in [0.2, 0.25) is 0 Å². The van der Waals surface area contributed by atoms with E-state index in [2.05, 4.69) is 10.3 Å². The number of H-pyrrole nitrogens is 1. The van der Waals surface area contributed by atoms with Gasteiger partial charge in [-0.3, -0.25) is 19.5 Å². The molecule has 0 saturated heterocycles. The minimum absolute atomic E-state index is 0.000682. The number of aryl methyl sites for hydroxylation is 2. The number of esters is 1. The van der Waals surface area contributed by atoms with Crippen LogP contribution in [0.4, 0.5) is 0 Å². The quantitative estimate of drug-likeness (QED) is 0.703. The summed E-state index contributed by atoms with van der Waals surface area (Å²) in [5.74, 6) is 0.123. The minimum Gasteiger partial charge on any atom is -0.459 e. The molecule has 0 bridgehead atoms. The van der Waals surface area contributed by atoms with E-state index in [0.717, 1.165) is 4.68 Å². The maximum absolute atomic E-state index is 12.3. The molecule has 8 heteroatoms. The SMILES string of the molecule is Cc1cc(COC(=O)CCn2[nH]c(=O)c3ccccc3c2=O)no1. The van der Waals surface area contributed by atoms with Crippen LogP contribution in [-0.2, 0) is 22.7 Å². The molecule has 1 N–H and O–H groups in total. The van der Waals surface area contributed by atoms with Crippen molar-refractivity contribution >= 4 is 16.7 Å². The smallest absolute Gasteiger partial charge is 0.308 e. The topological polar surface area (TPSA) is 107 Å². The Balaban J connectivity index is 1.67. The van der Waals surface area contributed by atoms with Crippen molar-refractivity contribution in [2.45, 2.75) is 26.5 Å². The first kappa shape index (κ1) is 15.7. The summed E-state index contributed by atoms with van der Waals surface area (Å²) in [6.07, 6.45) is -0.0506. The second-order valence-electron chi connectivity index (χ2n) is 5.28. The summed E-state index contributed by atoms with van der Waals surface area (Å²) < 4.78 is 11.0. The summed E-state index contributed by atoms with van der Waals surface area (Å²) in [6.45, 7) is 1.76. The molecule has 0 saturated carbocycles. The van der Waals surface area contributed by atoms with Crippen molar-refractivity contribution < 1.29 is 14.1 Å². The van der Waals surface area contributed by atoms with Crippen molar-refractivity contribution in [1.82, 2.24) is 14.9 Å². The van der Waals surface area contributed by atoms with E-state index in [4.69, 9.17) is 9.26 Å². The maximum atomic E-state index is 12.3. The first-order valence-corrected chi connectivity index (χ1v) is 7.34. The zero-order chi connectivity index (χ0) is 17.1. The number of fused-ring (bicyclic) bond motifs is 1. The first-order valence-electron chi connectivity index (χ1n) is 7.34. The Bertz CT molecular complexity index is 999. The number of aromatic nitrogens is 3. The van der Waals surface area contributed by atoms with Gasteiger partial charge in [-0.05, 0) is 19.1 Å². The average Bonchev–Trinajstić information content (AvgIpc) is 3.00. The molecular formula is C16H15N3O5. The monoisotopic (exact) mass is 329 g/mol. The molecule has 0 aliphatic rings. The molecule has 0 unspecified atom stereocenters. The predicted molar refractivity (Wildman–Crippen MR) is 84.5 cm³/mol. The highest BCUT2D eigenvalue weighted by Crippen LogP contribution is 2.05. The van der Waals surface area contributed by atoms with Crippen LogP contribution < -0.4 is 11.1 Å². The summed E-state index contributed by atoms with van der Waals surface area (Å²) >= 11 is 0. The largest absolute Gasteiger partial charge is 0.459 e. The zero-order valence-corrected chi connectivity index (χ0v) is 12.9. The lowest BCUT2D eigenvalue weighted by Gasteiger charge is -2.07. The van der Waals surface area contributed by atoms with Gasteiger partial charge in [-0.15, -0.1) is 0 Å². The van der Waals surface area contributed by atoms with Crippen LogP contribution in [0.25, 0.3) is 10.8 Å². The Kier molecular flexibility index (Phi) is 4.28. The molecule has 0 spiro atoms. The number of carbonyl (C=O) groups is 1. The zero-order valence-electron chi connectivity index (χ0n) is 12.9. The van der Waals surface area contributed by atoms with Gasteiger partial charge in [0.1, 0.15) is 18.1 Å². The molecule has 3 aromatic rings. The van der Waals surface area contributed by atoms with E-state index in [-0.39, 0.29) is 30.7 Å². The Morgan fingerprint density at radius 1 is 1.29 bits per heavy atom. The summed E-state index contributed by atoms with van der Waals surface area (Å²) in [7, 11) is 0. The number of carbonyl (C=O) groups excluding carboxylic acids is 1. The van der Waals surface area contributed by atoms with Crippen molar-refractivity contribution in [3.05, 3.63) is 62.5 Å². The third-order valence-electron chi connectivity index (χ3n) is 3.48. The fourth-order valence-corrected chi connectivity index (χ4v) is 2.32. The Morgan fingerprint density at radius 2 is 2.04 bits per heavy atom. The van der Waals surface area contributed by atoms with Crippen LogP contribution in [0, 0.1) is 6.92 Å². The van der Waals surface area contributed by atoms with Gasteiger partial charge in [0.25, 0.3) is 11.1 Å². The summed E-state index contributed by atoms with van der Waals surface area (Å²) in [5.41, 5.74) is -0.223. The van der Waals surface area contributed by atoms with Gasteiger partial charge in [-0.1, -0.05) is 17.3 Å². The standard InChI is InChI=1S/C16H15N3O5/c1-10-8-11(18-24-10)9-23-14(20)6-7-19-16(22)13-5-3-2-4-12(13)15(21)17-19/h2-5,8H,6-7,9H2,1H3,(H,17,21). The number of rotatable bonds is 5. The number of aromatic amines is 1. The van der Waals surface area contributed by atoms with Crippen LogP contribution >= 0.6 is 0 Å². The van der Waals surface area contributed by atoms with E-state index < -0.39 is 5.97 Å². The second kappa shape index (κ2) is 6.53. The molecule has 0 fully saturated rings. The van der Waals surface area contributed by atoms with E-state index in [1.807, 2.05) is 0 Å². The minimum atomic E-state index is -0.503. The Morgan fingerprint density at radius 3 is 2.75 bits per heavy atom. The second-order valence-corrected chi connectivity index (χ2v) is 5.28. The van der Waals surface area contributed by atoms with Gasteiger partial charge in [0, 0.05) is 6.07 Å². The van der Waals surface area contributed by atoms with Crippen molar-refractivity contribution in [2.24, 2.45) is 0 Å². The Labute approximate surface area is 135 Å². The normalized spacial score (nSPS) is 10.9. The highest BCUT2D eigenvalue weighted by molar-refractivity contribution is 5.80. The van der Waals surface area contributed by atoms with Gasteiger partial charge in [0.05, 0.1) is 23.7 Å². The van der Waals surface area contributed by atoms with Crippen LogP contribution in [0.5, 0.6) is 0 Å². The molecule has 0 radical (unpaired) electrons. The van der Waals surface area contributed by atoms with E-state index in [1.54, 1.807) is 37.3 Å². The van der Waals surface area contributed by atoms with Crippen LogP contribution in [0.1, 0.15) is 17.9 Å². The van der Waals surface area contributed by atoms with Crippen LogP contribution in [-0.4, -0.2) is 20.9 Å². The van der Waals surface area contributed by atoms with Crippen molar-refractivity contribution in [1.29, 1.82) is 0 Å². The average molecular weight is 329 g/mol. The summed E-state index contributed by atoms with van der Waals surface area (Å²) in [6, 6.07) is 8.19. The molecule has 1 aromatic carbocycles. The molecule has 0 aliphatic heterocycles. The molecule has 2 heterocycles. The molecule has 0 atom stereocenters. The lowest BCUT2D eigenvalue weighted by Crippen LogP contribution is -2.30. The van der Waals surface area contributed by atoms with Gasteiger partial charge < -0.3 is 9.26 Å². The number of nitrogens with one attached hydrogen (secondary N) is 1. The van der Waals surface area contributed by atoms with Gasteiger partial charge in [0.2, 0.25) is 0 Å². The number of hydrogen-bond donors (Lipinski definition) is 1. The third-order valence-corrected chi connectivity index (χ3v) is 3.48. The van der Waals surface area contributed by atoms with E-state index in [1.165, 1.54) is 0 Å². The van der Waals surface area contributed by atoms with Crippen LogP contribution in [0.15, 0.2) is 44.4 Å². The highest BCUT2D eigenvalue weighted by atomic mass is 16.5. The fourth-order valence-electron chi connectivity index (χ4n) is 2.32. The molecule has 124 valence electrons. The molecule has 0 amide bonds. The lowest BCUT2D eigenvalue weighted by molar-refractivity contribution is -0.145. The van der Waals surface area contributed by atoms with Crippen molar-refractivity contribution in [3.63, 3.8) is 0 Å². The van der Waals surface area contributed by atoms with Gasteiger partial charge in [-0.25, -0.2) is 4.68 Å². The van der Waals surface area contributed by atoms with Gasteiger partial charge in [0.15, 0.2) is 0 Å². The summed E-state index contributed by atoms with van der Waals surface area (Å²) in [5, 5.41) is 6.81. The third kappa shape index (κ3) is 3.27. The van der Waals surface area contributed by atoms with Gasteiger partial charge >= 0.3 is 5.97 Å². The van der Waals surface area contributed by atoms with E-state index >= 15 is 0 Å². The number of hydrogen-bond acceptors (Lipinski definition) is 6. The number of nitrogens with zero attached hydrogens (tertiary/aromatic N) is 2. The van der Waals surface area contributed by atoms with E-state index in [0.29, 0.717) is 22.2 Å². The molecule has 8 nitrogen and oxygen atoms in total. The predicted octanol–water partition coefficient (Wildman–Crippen LogP) is 1.12. The van der Waals surface area contributed by atoms with Crippen LogP contribution in [0.3, 0.4) is 0 Å². The Hall–Kier alpha value is -3.16. The molecule has 2 aromatic heterocycles. The lowest BCUT2D eigenvalue weighted by atomic mass is 10.2. The molecule has 0 aliphatic carbocycles. The maximum Gasteiger partial charge on any atom is 0.308 e. The highest BCUT2D eigenvalue weighted by Gasteiger charge is 2.10.